The number of nitrogens with one attached hydrogen (secondary N) is 1. The summed E-state index contributed by atoms with van der Waals surface area (Å²) >= 11 is 0. The molecule has 0 spiro atoms. The summed E-state index contributed by atoms with van der Waals surface area (Å²) in [4.78, 5) is 13.4. The number of rotatable bonds is 3. The molecule has 0 bridgehead atoms. The molecule has 1 fully saturated rings. The molecule has 0 atom stereocenters. The molecule has 1 N–H and O–H groups in total. The van der Waals surface area contributed by atoms with Gasteiger partial charge in [0, 0.05) is 25.6 Å². The Balaban J connectivity index is 2.22. The van der Waals surface area contributed by atoms with Crippen molar-refractivity contribution in [2.75, 3.05) is 19.6 Å². The predicted octanol–water partition coefficient (Wildman–Crippen LogP) is 1.00. The minimum absolute atomic E-state index is 0.279. The smallest absolute Gasteiger partial charge is 0.222 e. The molecule has 1 saturated heterocycles. The molecule has 1 heterocycles. The summed E-state index contributed by atoms with van der Waals surface area (Å²) in [6.45, 7) is 6.32. The van der Waals surface area contributed by atoms with Crippen molar-refractivity contribution in [3.63, 3.8) is 0 Å². The highest BCUT2D eigenvalue weighted by Gasteiger charge is 2.20. The van der Waals surface area contributed by atoms with Crippen LogP contribution in [0.5, 0.6) is 0 Å². The Morgan fingerprint density at radius 3 is 2.67 bits per heavy atom. The molecule has 0 aliphatic carbocycles. The molecule has 1 aliphatic heterocycles. The predicted molar refractivity (Wildman–Crippen MR) is 61.3 cm³/mol. The zero-order valence-electron chi connectivity index (χ0n) is 9.68. The van der Waals surface area contributed by atoms with Crippen LogP contribution in [-0.4, -0.2) is 36.5 Å². The van der Waals surface area contributed by atoms with Crippen LogP contribution < -0.4 is 5.32 Å². The maximum absolute atomic E-state index is 11.4. The molecule has 15 heavy (non-hydrogen) atoms. The Bertz CT molecular complexity index is 257. The van der Waals surface area contributed by atoms with Gasteiger partial charge in [0.1, 0.15) is 0 Å². The van der Waals surface area contributed by atoms with E-state index in [0.717, 1.165) is 32.5 Å². The number of piperidine rings is 1. The summed E-state index contributed by atoms with van der Waals surface area (Å²) in [6.07, 6.45) is 2.73. The van der Waals surface area contributed by atoms with Crippen molar-refractivity contribution in [3.8, 4) is 11.8 Å². The van der Waals surface area contributed by atoms with Crippen LogP contribution in [0.3, 0.4) is 0 Å². The molecular weight excluding hydrogens is 188 g/mol. The van der Waals surface area contributed by atoms with Crippen LogP contribution in [0.4, 0.5) is 0 Å². The van der Waals surface area contributed by atoms with E-state index in [2.05, 4.69) is 17.2 Å². The SMILES string of the molecule is CC#CCNC1CCN(C(=O)CC)CC1. The number of carbonyl (C=O) groups excluding carboxylic acids is 1. The fraction of sp³-hybridized carbons (Fsp3) is 0.750. The van der Waals surface area contributed by atoms with Gasteiger partial charge in [-0.15, -0.1) is 5.92 Å². The lowest BCUT2D eigenvalue weighted by Crippen LogP contribution is -2.44. The van der Waals surface area contributed by atoms with Crippen LogP contribution >= 0.6 is 0 Å². The van der Waals surface area contributed by atoms with Crippen LogP contribution in [0.1, 0.15) is 33.1 Å². The zero-order valence-corrected chi connectivity index (χ0v) is 9.68. The fourth-order valence-electron chi connectivity index (χ4n) is 1.84. The first-order chi connectivity index (χ1) is 7.27. The Morgan fingerprint density at radius 1 is 1.47 bits per heavy atom. The number of hydrogen-bond acceptors (Lipinski definition) is 2. The van der Waals surface area contributed by atoms with Gasteiger partial charge < -0.3 is 10.2 Å². The fourth-order valence-corrected chi connectivity index (χ4v) is 1.84. The van der Waals surface area contributed by atoms with Crippen molar-refractivity contribution >= 4 is 5.91 Å². The minimum Gasteiger partial charge on any atom is -0.343 e. The summed E-state index contributed by atoms with van der Waals surface area (Å²) in [7, 11) is 0. The third kappa shape index (κ3) is 3.93. The van der Waals surface area contributed by atoms with Crippen molar-refractivity contribution in [1.82, 2.24) is 10.2 Å². The highest BCUT2D eigenvalue weighted by molar-refractivity contribution is 5.75. The maximum atomic E-state index is 11.4. The van der Waals surface area contributed by atoms with Gasteiger partial charge in [-0.3, -0.25) is 4.79 Å². The summed E-state index contributed by atoms with van der Waals surface area (Å²) in [5.74, 6) is 6.14. The number of carbonyl (C=O) groups is 1. The first kappa shape index (κ1) is 12.1. The van der Waals surface area contributed by atoms with Crippen LogP contribution in [0, 0.1) is 11.8 Å². The largest absolute Gasteiger partial charge is 0.343 e. The van der Waals surface area contributed by atoms with Gasteiger partial charge in [-0.2, -0.15) is 0 Å². The lowest BCUT2D eigenvalue weighted by molar-refractivity contribution is -0.131. The van der Waals surface area contributed by atoms with E-state index in [1.165, 1.54) is 0 Å². The zero-order chi connectivity index (χ0) is 11.1. The van der Waals surface area contributed by atoms with Gasteiger partial charge in [0.25, 0.3) is 0 Å². The van der Waals surface area contributed by atoms with Gasteiger partial charge in [-0.05, 0) is 19.8 Å². The normalized spacial score (nSPS) is 17.1. The highest BCUT2D eigenvalue weighted by Crippen LogP contribution is 2.10. The lowest BCUT2D eigenvalue weighted by Gasteiger charge is -2.32. The topological polar surface area (TPSA) is 32.3 Å². The number of amides is 1. The number of hydrogen-bond donors (Lipinski definition) is 1. The highest BCUT2D eigenvalue weighted by atomic mass is 16.2. The molecule has 0 saturated carbocycles. The van der Waals surface area contributed by atoms with E-state index in [9.17, 15) is 4.79 Å². The van der Waals surface area contributed by atoms with Crippen LogP contribution in [0.15, 0.2) is 0 Å². The summed E-state index contributed by atoms with van der Waals surface area (Å²) in [6, 6.07) is 0.534. The average Bonchev–Trinajstić information content (AvgIpc) is 2.29. The monoisotopic (exact) mass is 208 g/mol. The van der Waals surface area contributed by atoms with Crippen LogP contribution in [0.2, 0.25) is 0 Å². The Labute approximate surface area is 92.2 Å². The second-order valence-corrected chi connectivity index (χ2v) is 3.82. The molecule has 84 valence electrons. The molecule has 0 unspecified atom stereocenters. The van der Waals surface area contributed by atoms with E-state index >= 15 is 0 Å². The van der Waals surface area contributed by atoms with Crippen molar-refractivity contribution < 1.29 is 4.79 Å². The Hall–Kier alpha value is -1.01. The molecule has 3 heteroatoms. The first-order valence-electron chi connectivity index (χ1n) is 5.68. The van der Waals surface area contributed by atoms with Crippen molar-refractivity contribution in [1.29, 1.82) is 0 Å². The summed E-state index contributed by atoms with van der Waals surface area (Å²) in [5, 5.41) is 3.39. The van der Waals surface area contributed by atoms with Gasteiger partial charge in [0.2, 0.25) is 5.91 Å². The van der Waals surface area contributed by atoms with Gasteiger partial charge in [0.15, 0.2) is 0 Å². The van der Waals surface area contributed by atoms with E-state index in [4.69, 9.17) is 0 Å². The molecule has 1 amide bonds. The lowest BCUT2D eigenvalue weighted by atomic mass is 10.0. The standard InChI is InChI=1S/C12H20N2O/c1-3-5-8-13-11-6-9-14(10-7-11)12(15)4-2/h11,13H,4,6-10H2,1-2H3. The molecule has 0 aromatic heterocycles. The molecule has 1 aliphatic rings. The van der Waals surface area contributed by atoms with Crippen LogP contribution in [-0.2, 0) is 4.79 Å². The molecule has 0 aromatic carbocycles. The van der Waals surface area contributed by atoms with E-state index in [1.54, 1.807) is 0 Å². The molecular formula is C12H20N2O. The number of nitrogens with zero attached hydrogens (tertiary/aromatic N) is 1. The Morgan fingerprint density at radius 2 is 2.13 bits per heavy atom. The van der Waals surface area contributed by atoms with E-state index in [1.807, 2.05) is 18.7 Å². The van der Waals surface area contributed by atoms with E-state index in [-0.39, 0.29) is 5.91 Å². The van der Waals surface area contributed by atoms with Gasteiger partial charge >= 0.3 is 0 Å². The third-order valence-electron chi connectivity index (χ3n) is 2.81. The average molecular weight is 208 g/mol. The van der Waals surface area contributed by atoms with Gasteiger partial charge in [0.05, 0.1) is 6.54 Å². The number of likely N-dealkylation sites (tertiary alicyclic amines) is 1. The van der Waals surface area contributed by atoms with Crippen LogP contribution in [0.25, 0.3) is 0 Å². The van der Waals surface area contributed by atoms with Crippen molar-refractivity contribution in [2.24, 2.45) is 0 Å². The third-order valence-corrected chi connectivity index (χ3v) is 2.81. The summed E-state index contributed by atoms with van der Waals surface area (Å²) in [5.41, 5.74) is 0. The van der Waals surface area contributed by atoms with Gasteiger partial charge in [-0.25, -0.2) is 0 Å². The maximum Gasteiger partial charge on any atom is 0.222 e. The summed E-state index contributed by atoms with van der Waals surface area (Å²) < 4.78 is 0. The van der Waals surface area contributed by atoms with Crippen molar-refractivity contribution in [3.05, 3.63) is 0 Å². The second kappa shape index (κ2) is 6.47. The molecule has 0 aromatic rings. The minimum atomic E-state index is 0.279. The van der Waals surface area contributed by atoms with E-state index in [0.29, 0.717) is 12.5 Å². The molecule has 0 radical (unpaired) electrons. The second-order valence-electron chi connectivity index (χ2n) is 3.82. The molecule has 1 rings (SSSR count). The quantitative estimate of drug-likeness (QED) is 0.702. The van der Waals surface area contributed by atoms with Gasteiger partial charge in [-0.1, -0.05) is 12.8 Å². The van der Waals surface area contributed by atoms with Crippen molar-refractivity contribution in [2.45, 2.75) is 39.2 Å². The molecule has 3 nitrogen and oxygen atoms in total. The first-order valence-corrected chi connectivity index (χ1v) is 5.68. The van der Waals surface area contributed by atoms with E-state index < -0.39 is 0 Å². The Kier molecular flexibility index (Phi) is 5.20.